The predicted octanol–water partition coefficient (Wildman–Crippen LogP) is 1.15. The van der Waals surface area contributed by atoms with Crippen LogP contribution in [-0.4, -0.2) is 136 Å². The standard InChI is InChI=1S/C40H44N10O6/c1-45-13-14-49(40(45)56)27-3-2-11-47(20-27)33-18-42-35(36(41)52)31(43-33)16-23-4-5-25-19-46(12-10-24(25)15-23)28-21-48(22-28)26-6-7-29-30(17-26)39(55)50(38(29)54)32-8-9-34(51)44-37(32)53/h4-7,15,17-18,27-28,32H,2-3,8-14,16,19-22H2,1H3,(H2,41,52)(H,44,51,53)/t27-,32?/m1/s1. The Labute approximate surface area is 323 Å². The molecule has 3 aromatic rings. The largest absolute Gasteiger partial charge is 0.368 e. The highest BCUT2D eigenvalue weighted by molar-refractivity contribution is 6.23. The van der Waals surface area contributed by atoms with Gasteiger partial charge in [-0.2, -0.15) is 0 Å². The fraction of sp³-hybridized carbons (Fsp3) is 0.450. The van der Waals surface area contributed by atoms with Gasteiger partial charge in [0.15, 0.2) is 0 Å². The van der Waals surface area contributed by atoms with Gasteiger partial charge in [-0.15, -0.1) is 0 Å². The lowest BCUT2D eigenvalue weighted by Gasteiger charge is -2.48. The number of amides is 7. The van der Waals surface area contributed by atoms with Crippen LogP contribution in [0.4, 0.5) is 16.3 Å². The number of carbonyl (C=O) groups is 6. The first-order chi connectivity index (χ1) is 27.0. The van der Waals surface area contributed by atoms with Crippen molar-refractivity contribution in [1.29, 1.82) is 0 Å². The summed E-state index contributed by atoms with van der Waals surface area (Å²) in [4.78, 5) is 96.6. The van der Waals surface area contributed by atoms with E-state index in [-0.39, 0.29) is 41.7 Å². The van der Waals surface area contributed by atoms with E-state index in [4.69, 9.17) is 10.7 Å². The van der Waals surface area contributed by atoms with E-state index in [1.807, 2.05) is 18.0 Å². The normalized spacial score (nSPS) is 23.1. The Balaban J connectivity index is 0.833. The molecule has 0 spiro atoms. The molecule has 6 aliphatic heterocycles. The zero-order valence-corrected chi connectivity index (χ0v) is 31.3. The minimum Gasteiger partial charge on any atom is -0.368 e. The quantitative estimate of drug-likeness (QED) is 0.314. The maximum absolute atomic E-state index is 13.3. The number of fused-ring (bicyclic) bond motifs is 2. The number of nitrogens with two attached hydrogens (primary N) is 1. The maximum atomic E-state index is 13.3. The summed E-state index contributed by atoms with van der Waals surface area (Å²) >= 11 is 0. The molecule has 7 amide bonds. The summed E-state index contributed by atoms with van der Waals surface area (Å²) in [7, 11) is 1.83. The summed E-state index contributed by atoms with van der Waals surface area (Å²) in [5.41, 5.74) is 11.4. The number of likely N-dealkylation sites (N-methyl/N-ethyl adjacent to an activating group) is 1. The van der Waals surface area contributed by atoms with Crippen molar-refractivity contribution in [2.24, 2.45) is 5.73 Å². The number of benzene rings is 2. The van der Waals surface area contributed by atoms with Crippen LogP contribution in [0.5, 0.6) is 0 Å². The number of nitrogens with one attached hydrogen (secondary N) is 1. The zero-order valence-electron chi connectivity index (χ0n) is 31.3. The number of urea groups is 1. The molecule has 0 saturated carbocycles. The fourth-order valence-corrected chi connectivity index (χ4v) is 9.12. The van der Waals surface area contributed by atoms with E-state index < -0.39 is 35.6 Å². The molecule has 0 aliphatic carbocycles. The minimum atomic E-state index is -0.988. The highest BCUT2D eigenvalue weighted by Gasteiger charge is 2.45. The Hall–Kier alpha value is -5.90. The second-order valence-corrected chi connectivity index (χ2v) is 15.8. The second kappa shape index (κ2) is 14.0. The van der Waals surface area contributed by atoms with Crippen molar-refractivity contribution in [2.75, 3.05) is 62.7 Å². The van der Waals surface area contributed by atoms with Gasteiger partial charge >= 0.3 is 6.03 Å². The molecular formula is C40H44N10O6. The lowest BCUT2D eigenvalue weighted by molar-refractivity contribution is -0.136. The van der Waals surface area contributed by atoms with Crippen molar-refractivity contribution < 1.29 is 28.8 Å². The zero-order chi connectivity index (χ0) is 38.8. The first-order valence-electron chi connectivity index (χ1n) is 19.4. The molecule has 16 heteroatoms. The molecule has 6 aliphatic rings. The SMILES string of the molecule is CN1CCN([C@@H]2CCCN(c3cnc(C(N)=O)c(Cc4ccc5c(c4)CCN(C4CN(c6ccc7c(c6)C(=O)N(C6CCC(=O)NC6=O)C7=O)C4)C5)n3)C2)C1=O. The molecule has 290 valence electrons. The summed E-state index contributed by atoms with van der Waals surface area (Å²) < 4.78 is 0. The molecule has 1 aromatic heterocycles. The molecule has 3 N–H and O–H groups in total. The van der Waals surface area contributed by atoms with Crippen LogP contribution in [0.15, 0.2) is 42.6 Å². The van der Waals surface area contributed by atoms with Gasteiger partial charge in [-0.05, 0) is 60.6 Å². The van der Waals surface area contributed by atoms with E-state index in [0.29, 0.717) is 30.5 Å². The molecule has 0 radical (unpaired) electrons. The van der Waals surface area contributed by atoms with Crippen LogP contribution >= 0.6 is 0 Å². The summed E-state index contributed by atoms with van der Waals surface area (Å²) in [6.45, 7) is 6.16. The number of hydrogen-bond acceptors (Lipinski definition) is 11. The van der Waals surface area contributed by atoms with Gasteiger partial charge in [0, 0.05) is 84.0 Å². The van der Waals surface area contributed by atoms with Crippen LogP contribution in [0, 0.1) is 0 Å². The van der Waals surface area contributed by atoms with Gasteiger partial charge in [-0.1, -0.05) is 18.2 Å². The molecule has 4 fully saturated rings. The first kappa shape index (κ1) is 35.8. The van der Waals surface area contributed by atoms with Gasteiger partial charge in [-0.25, -0.2) is 14.8 Å². The lowest BCUT2D eigenvalue weighted by atomic mass is 9.93. The Morgan fingerprint density at radius 1 is 0.857 bits per heavy atom. The Morgan fingerprint density at radius 2 is 1.66 bits per heavy atom. The summed E-state index contributed by atoms with van der Waals surface area (Å²) in [6.07, 6.45) is 4.98. The molecule has 2 aromatic carbocycles. The van der Waals surface area contributed by atoms with Gasteiger partial charge in [-0.3, -0.25) is 39.1 Å². The third kappa shape index (κ3) is 6.30. The number of nitrogens with zero attached hydrogens (tertiary/aromatic N) is 8. The number of anilines is 2. The van der Waals surface area contributed by atoms with E-state index in [1.54, 1.807) is 23.2 Å². The Kier molecular flexibility index (Phi) is 8.94. The second-order valence-electron chi connectivity index (χ2n) is 15.8. The van der Waals surface area contributed by atoms with Crippen LogP contribution in [0.1, 0.15) is 79.3 Å². The van der Waals surface area contributed by atoms with E-state index in [1.165, 1.54) is 11.1 Å². The van der Waals surface area contributed by atoms with Crippen molar-refractivity contribution in [1.82, 2.24) is 34.9 Å². The smallest absolute Gasteiger partial charge is 0.320 e. The molecule has 16 nitrogen and oxygen atoms in total. The fourth-order valence-electron chi connectivity index (χ4n) is 9.12. The number of hydrogen-bond donors (Lipinski definition) is 2. The molecule has 1 unspecified atom stereocenters. The summed E-state index contributed by atoms with van der Waals surface area (Å²) in [5, 5.41) is 2.24. The maximum Gasteiger partial charge on any atom is 0.320 e. The van der Waals surface area contributed by atoms with Crippen LogP contribution < -0.4 is 20.9 Å². The van der Waals surface area contributed by atoms with Crippen molar-refractivity contribution in [3.05, 3.63) is 81.8 Å². The lowest BCUT2D eigenvalue weighted by Crippen LogP contribution is -2.60. The van der Waals surface area contributed by atoms with E-state index >= 15 is 0 Å². The average molecular weight is 761 g/mol. The van der Waals surface area contributed by atoms with Crippen LogP contribution in [0.25, 0.3) is 0 Å². The number of aromatic nitrogens is 2. The van der Waals surface area contributed by atoms with Gasteiger partial charge in [0.1, 0.15) is 17.6 Å². The number of rotatable bonds is 8. The van der Waals surface area contributed by atoms with Crippen molar-refractivity contribution in [3.8, 4) is 0 Å². The van der Waals surface area contributed by atoms with Crippen molar-refractivity contribution in [2.45, 2.75) is 63.2 Å². The molecule has 56 heavy (non-hydrogen) atoms. The topological polar surface area (TPSA) is 186 Å². The van der Waals surface area contributed by atoms with Gasteiger partial charge in [0.05, 0.1) is 29.1 Å². The van der Waals surface area contributed by atoms with E-state index in [9.17, 15) is 28.8 Å². The number of imide groups is 2. The monoisotopic (exact) mass is 760 g/mol. The van der Waals surface area contributed by atoms with E-state index in [0.717, 1.165) is 81.2 Å². The Bertz CT molecular complexity index is 2190. The molecular weight excluding hydrogens is 717 g/mol. The third-order valence-corrected chi connectivity index (χ3v) is 12.3. The van der Waals surface area contributed by atoms with Crippen LogP contribution in [0.2, 0.25) is 0 Å². The molecule has 9 rings (SSSR count). The number of carbonyl (C=O) groups excluding carboxylic acids is 6. The minimum absolute atomic E-state index is 0.0639. The molecule has 2 atom stereocenters. The molecule has 7 heterocycles. The first-order valence-corrected chi connectivity index (χ1v) is 19.4. The van der Waals surface area contributed by atoms with Crippen LogP contribution in [-0.2, 0) is 29.0 Å². The van der Waals surface area contributed by atoms with E-state index in [2.05, 4.69) is 43.2 Å². The summed E-state index contributed by atoms with van der Waals surface area (Å²) in [5.74, 6) is -1.96. The highest BCUT2D eigenvalue weighted by atomic mass is 16.2. The number of primary amides is 1. The van der Waals surface area contributed by atoms with Gasteiger partial charge in [0.25, 0.3) is 17.7 Å². The third-order valence-electron chi connectivity index (χ3n) is 12.3. The predicted molar refractivity (Wildman–Crippen MR) is 203 cm³/mol. The van der Waals surface area contributed by atoms with Gasteiger partial charge < -0.3 is 25.3 Å². The molecule has 4 saturated heterocycles. The molecule has 0 bridgehead atoms. The van der Waals surface area contributed by atoms with Crippen molar-refractivity contribution >= 4 is 47.1 Å². The Morgan fingerprint density at radius 3 is 2.43 bits per heavy atom. The highest BCUT2D eigenvalue weighted by Crippen LogP contribution is 2.34. The summed E-state index contributed by atoms with van der Waals surface area (Å²) in [6, 6.07) is 11.2. The number of piperidine rings is 2. The average Bonchev–Trinajstić information content (AvgIpc) is 3.63. The van der Waals surface area contributed by atoms with Gasteiger partial charge in [0.2, 0.25) is 11.8 Å². The van der Waals surface area contributed by atoms with Crippen molar-refractivity contribution in [3.63, 3.8) is 0 Å². The van der Waals surface area contributed by atoms with Crippen LogP contribution in [0.3, 0.4) is 0 Å².